The van der Waals surface area contributed by atoms with Gasteiger partial charge >= 0.3 is 0 Å². The minimum Gasteiger partial charge on any atom is -0.378 e. The highest BCUT2D eigenvalue weighted by atomic mass is 19.1. The third-order valence-corrected chi connectivity index (χ3v) is 3.84. The molecule has 0 aliphatic heterocycles. The van der Waals surface area contributed by atoms with Crippen molar-refractivity contribution in [1.82, 2.24) is 0 Å². The summed E-state index contributed by atoms with van der Waals surface area (Å²) in [6.45, 7) is 3.45. The van der Waals surface area contributed by atoms with Crippen molar-refractivity contribution in [3.8, 4) is 0 Å². The van der Waals surface area contributed by atoms with Crippen LogP contribution in [0.1, 0.15) is 23.6 Å². The van der Waals surface area contributed by atoms with Gasteiger partial charge in [0.25, 0.3) is 0 Å². The van der Waals surface area contributed by atoms with Crippen molar-refractivity contribution in [1.29, 1.82) is 0 Å². The number of carbonyl (C=O) groups is 1. The standard InChI is InChI=1S/C18H17FN2O/c1-2-18(22)21-15-8-6-12-7-9-17(16(12)11-15)20-14-5-3-4-13(19)10-14/h2-6,8,10-11,17,20H,1,7,9H2,(H,21,22). The highest BCUT2D eigenvalue weighted by Crippen LogP contribution is 2.35. The van der Waals surface area contributed by atoms with E-state index in [1.807, 2.05) is 24.3 Å². The van der Waals surface area contributed by atoms with Gasteiger partial charge in [-0.05, 0) is 60.4 Å². The fraction of sp³-hybridized carbons (Fsp3) is 0.167. The lowest BCUT2D eigenvalue weighted by atomic mass is 10.1. The second-order valence-electron chi connectivity index (χ2n) is 5.35. The van der Waals surface area contributed by atoms with Crippen molar-refractivity contribution in [2.75, 3.05) is 10.6 Å². The molecule has 0 bridgehead atoms. The molecule has 1 aliphatic carbocycles. The molecule has 3 nitrogen and oxygen atoms in total. The maximum absolute atomic E-state index is 13.3. The molecular formula is C18H17FN2O. The molecule has 0 aromatic heterocycles. The number of benzene rings is 2. The topological polar surface area (TPSA) is 41.1 Å². The van der Waals surface area contributed by atoms with Crippen molar-refractivity contribution >= 4 is 17.3 Å². The molecule has 4 heteroatoms. The van der Waals surface area contributed by atoms with Gasteiger partial charge in [-0.2, -0.15) is 0 Å². The molecule has 1 amide bonds. The van der Waals surface area contributed by atoms with Gasteiger partial charge in [0, 0.05) is 11.4 Å². The van der Waals surface area contributed by atoms with Gasteiger partial charge in [-0.15, -0.1) is 0 Å². The van der Waals surface area contributed by atoms with Gasteiger partial charge in [0.15, 0.2) is 0 Å². The first-order valence-corrected chi connectivity index (χ1v) is 7.24. The Bertz CT molecular complexity index is 727. The minimum atomic E-state index is -0.254. The first kappa shape index (κ1) is 14.3. The number of rotatable bonds is 4. The molecule has 0 fully saturated rings. The van der Waals surface area contributed by atoms with Gasteiger partial charge < -0.3 is 10.6 Å². The van der Waals surface area contributed by atoms with E-state index in [0.29, 0.717) is 0 Å². The Morgan fingerprint density at radius 1 is 1.23 bits per heavy atom. The van der Waals surface area contributed by atoms with Crippen LogP contribution in [0.5, 0.6) is 0 Å². The van der Waals surface area contributed by atoms with Gasteiger partial charge in [-0.1, -0.05) is 18.7 Å². The van der Waals surface area contributed by atoms with E-state index in [2.05, 4.69) is 17.2 Å². The number of fused-ring (bicyclic) bond motifs is 1. The van der Waals surface area contributed by atoms with Gasteiger partial charge in [-0.3, -0.25) is 4.79 Å². The monoisotopic (exact) mass is 296 g/mol. The lowest BCUT2D eigenvalue weighted by Gasteiger charge is -2.16. The smallest absolute Gasteiger partial charge is 0.247 e. The molecule has 0 heterocycles. The fourth-order valence-electron chi connectivity index (χ4n) is 2.80. The van der Waals surface area contributed by atoms with Crippen LogP contribution in [-0.2, 0) is 11.2 Å². The third kappa shape index (κ3) is 3.01. The average Bonchev–Trinajstić information content (AvgIpc) is 2.90. The molecular weight excluding hydrogens is 279 g/mol. The highest BCUT2D eigenvalue weighted by molar-refractivity contribution is 5.98. The summed E-state index contributed by atoms with van der Waals surface area (Å²) in [5.41, 5.74) is 3.91. The van der Waals surface area contributed by atoms with Crippen LogP contribution in [0.3, 0.4) is 0 Å². The van der Waals surface area contributed by atoms with E-state index in [1.54, 1.807) is 6.07 Å². The van der Waals surface area contributed by atoms with Crippen LogP contribution < -0.4 is 10.6 Å². The van der Waals surface area contributed by atoms with E-state index in [4.69, 9.17) is 0 Å². The molecule has 0 saturated heterocycles. The Kier molecular flexibility index (Phi) is 3.92. The summed E-state index contributed by atoms with van der Waals surface area (Å²) in [5, 5.41) is 6.13. The van der Waals surface area contributed by atoms with E-state index in [1.165, 1.54) is 23.8 Å². The van der Waals surface area contributed by atoms with Crippen LogP contribution in [0.15, 0.2) is 55.1 Å². The van der Waals surface area contributed by atoms with Crippen molar-refractivity contribution in [3.63, 3.8) is 0 Å². The third-order valence-electron chi connectivity index (χ3n) is 3.84. The number of halogens is 1. The van der Waals surface area contributed by atoms with E-state index in [9.17, 15) is 9.18 Å². The largest absolute Gasteiger partial charge is 0.378 e. The van der Waals surface area contributed by atoms with Gasteiger partial charge in [0.1, 0.15) is 5.82 Å². The van der Waals surface area contributed by atoms with E-state index in [0.717, 1.165) is 29.8 Å². The lowest BCUT2D eigenvalue weighted by molar-refractivity contribution is -0.111. The van der Waals surface area contributed by atoms with Crippen molar-refractivity contribution in [2.24, 2.45) is 0 Å². The highest BCUT2D eigenvalue weighted by Gasteiger charge is 2.22. The van der Waals surface area contributed by atoms with Crippen LogP contribution >= 0.6 is 0 Å². The maximum atomic E-state index is 13.3. The molecule has 3 rings (SSSR count). The number of hydrogen-bond acceptors (Lipinski definition) is 2. The number of anilines is 2. The van der Waals surface area contributed by atoms with Crippen LogP contribution in [0, 0.1) is 5.82 Å². The molecule has 22 heavy (non-hydrogen) atoms. The molecule has 1 atom stereocenters. The quantitative estimate of drug-likeness (QED) is 0.836. The Morgan fingerprint density at radius 2 is 2.09 bits per heavy atom. The molecule has 1 unspecified atom stereocenters. The van der Waals surface area contributed by atoms with E-state index < -0.39 is 0 Å². The first-order chi connectivity index (χ1) is 10.7. The summed E-state index contributed by atoms with van der Waals surface area (Å²) in [6.07, 6.45) is 3.17. The summed E-state index contributed by atoms with van der Waals surface area (Å²) in [4.78, 5) is 11.4. The van der Waals surface area contributed by atoms with Crippen LogP contribution in [0.4, 0.5) is 15.8 Å². The molecule has 0 saturated carbocycles. The Morgan fingerprint density at radius 3 is 2.86 bits per heavy atom. The first-order valence-electron chi connectivity index (χ1n) is 7.24. The zero-order chi connectivity index (χ0) is 15.5. The molecule has 0 radical (unpaired) electrons. The SMILES string of the molecule is C=CC(=O)Nc1ccc2c(c1)C(Nc1cccc(F)c1)CC2. The Balaban J connectivity index is 1.82. The second kappa shape index (κ2) is 6.02. The summed E-state index contributed by atoms with van der Waals surface area (Å²) in [7, 11) is 0. The van der Waals surface area contributed by atoms with Crippen molar-refractivity contribution in [2.45, 2.75) is 18.9 Å². The molecule has 2 N–H and O–H groups in total. The zero-order valence-corrected chi connectivity index (χ0v) is 12.1. The van der Waals surface area contributed by atoms with Gasteiger partial charge in [0.2, 0.25) is 5.91 Å². The summed E-state index contributed by atoms with van der Waals surface area (Å²) >= 11 is 0. The van der Waals surface area contributed by atoms with Crippen LogP contribution in [0.2, 0.25) is 0 Å². The zero-order valence-electron chi connectivity index (χ0n) is 12.1. The van der Waals surface area contributed by atoms with Gasteiger partial charge in [-0.25, -0.2) is 4.39 Å². The summed E-state index contributed by atoms with van der Waals surface area (Å²) in [6, 6.07) is 12.5. The minimum absolute atomic E-state index is 0.123. The second-order valence-corrected chi connectivity index (χ2v) is 5.35. The predicted octanol–water partition coefficient (Wildman–Crippen LogP) is 4.05. The average molecular weight is 296 g/mol. The predicted molar refractivity (Wildman–Crippen MR) is 86.4 cm³/mol. The maximum Gasteiger partial charge on any atom is 0.247 e. The Labute approximate surface area is 128 Å². The number of carbonyl (C=O) groups excluding carboxylic acids is 1. The molecule has 112 valence electrons. The number of hydrogen-bond donors (Lipinski definition) is 2. The lowest BCUT2D eigenvalue weighted by Crippen LogP contribution is -2.10. The molecule has 2 aromatic rings. The summed E-state index contributed by atoms with van der Waals surface area (Å²) in [5.74, 6) is -0.484. The van der Waals surface area contributed by atoms with Crippen molar-refractivity contribution in [3.05, 3.63) is 72.1 Å². The van der Waals surface area contributed by atoms with E-state index in [-0.39, 0.29) is 17.8 Å². The van der Waals surface area contributed by atoms with Gasteiger partial charge in [0.05, 0.1) is 6.04 Å². The number of aryl methyl sites for hydroxylation is 1. The Hall–Kier alpha value is -2.62. The van der Waals surface area contributed by atoms with Crippen LogP contribution in [0.25, 0.3) is 0 Å². The number of nitrogens with one attached hydrogen (secondary N) is 2. The summed E-state index contributed by atoms with van der Waals surface area (Å²) < 4.78 is 13.3. The molecule has 1 aliphatic rings. The molecule has 0 spiro atoms. The fourth-order valence-corrected chi connectivity index (χ4v) is 2.80. The van der Waals surface area contributed by atoms with E-state index >= 15 is 0 Å². The van der Waals surface area contributed by atoms with Crippen LogP contribution in [-0.4, -0.2) is 5.91 Å². The molecule has 2 aromatic carbocycles. The number of amides is 1. The normalized spacial score (nSPS) is 16.0. The van der Waals surface area contributed by atoms with Crippen molar-refractivity contribution < 1.29 is 9.18 Å².